The predicted molar refractivity (Wildman–Crippen MR) is 126 cm³/mol. The Hall–Kier alpha value is -2.96. The Bertz CT molecular complexity index is 1030. The molecule has 4 aromatic rings. The summed E-state index contributed by atoms with van der Waals surface area (Å²) in [6.07, 6.45) is 0.225. The molecule has 1 heterocycles. The van der Waals surface area contributed by atoms with E-state index in [2.05, 4.69) is 4.98 Å². The van der Waals surface area contributed by atoms with Gasteiger partial charge in [-0.2, -0.15) is 0 Å². The summed E-state index contributed by atoms with van der Waals surface area (Å²) in [5, 5.41) is 0.465. The van der Waals surface area contributed by atoms with Gasteiger partial charge in [0.25, 0.3) is 0 Å². The Morgan fingerprint density at radius 1 is 0.828 bits per heavy atom. The molecule has 0 aliphatic carbocycles. The molecule has 0 spiro atoms. The van der Waals surface area contributed by atoms with E-state index in [4.69, 9.17) is 5.73 Å². The zero-order chi connectivity index (χ0) is 19.3. The zero-order valence-corrected chi connectivity index (χ0v) is 18.1. The summed E-state index contributed by atoms with van der Waals surface area (Å²) in [6, 6.07) is 29.2. The van der Waals surface area contributed by atoms with Crippen molar-refractivity contribution in [3.63, 3.8) is 0 Å². The number of para-hydroxylation sites is 2. The van der Waals surface area contributed by atoms with Crippen LogP contribution in [-0.4, -0.2) is 10.9 Å². The minimum Gasteiger partial charge on any atom is -0.375 e. The maximum Gasteiger partial charge on any atom is 0.236 e. The molecule has 29 heavy (non-hydrogen) atoms. The average molecular weight is 466 g/mol. The van der Waals surface area contributed by atoms with Crippen molar-refractivity contribution < 1.29 is 4.79 Å². The molecule has 6 heteroatoms. The van der Waals surface area contributed by atoms with E-state index in [0.717, 1.165) is 27.5 Å². The van der Waals surface area contributed by atoms with E-state index in [0.29, 0.717) is 5.13 Å². The SMILES string of the molecule is Br.Nc1nc(-c2ccccc2)c(CC(=O)N(c2ccccc2)c2ccccc2)s1. The van der Waals surface area contributed by atoms with Gasteiger partial charge in [0.05, 0.1) is 12.1 Å². The van der Waals surface area contributed by atoms with Crippen molar-refractivity contribution in [2.45, 2.75) is 6.42 Å². The van der Waals surface area contributed by atoms with Gasteiger partial charge in [-0.05, 0) is 24.3 Å². The van der Waals surface area contributed by atoms with Crippen LogP contribution in [0.3, 0.4) is 0 Å². The molecule has 0 atom stereocenters. The Kier molecular flexibility index (Phi) is 6.80. The summed E-state index contributed by atoms with van der Waals surface area (Å²) in [6.45, 7) is 0. The summed E-state index contributed by atoms with van der Waals surface area (Å²) < 4.78 is 0. The van der Waals surface area contributed by atoms with Crippen LogP contribution in [0.1, 0.15) is 4.88 Å². The molecule has 0 radical (unpaired) electrons. The van der Waals surface area contributed by atoms with Crippen molar-refractivity contribution in [2.24, 2.45) is 0 Å². The molecule has 3 aromatic carbocycles. The van der Waals surface area contributed by atoms with Gasteiger partial charge >= 0.3 is 0 Å². The lowest BCUT2D eigenvalue weighted by molar-refractivity contribution is -0.117. The third-order valence-corrected chi connectivity index (χ3v) is 5.24. The van der Waals surface area contributed by atoms with Gasteiger partial charge in [-0.3, -0.25) is 9.69 Å². The second kappa shape index (κ2) is 9.49. The normalized spacial score (nSPS) is 10.2. The van der Waals surface area contributed by atoms with Gasteiger partial charge in [0.15, 0.2) is 5.13 Å². The number of anilines is 3. The van der Waals surface area contributed by atoms with E-state index in [-0.39, 0.29) is 29.3 Å². The molecule has 0 bridgehead atoms. The number of hydrogen-bond donors (Lipinski definition) is 1. The van der Waals surface area contributed by atoms with Gasteiger partial charge in [0, 0.05) is 21.8 Å². The molecule has 0 saturated carbocycles. The number of benzene rings is 3. The zero-order valence-electron chi connectivity index (χ0n) is 15.6. The summed E-state index contributed by atoms with van der Waals surface area (Å²) in [5.41, 5.74) is 9.37. The van der Waals surface area contributed by atoms with E-state index in [1.165, 1.54) is 11.3 Å². The van der Waals surface area contributed by atoms with Gasteiger partial charge in [-0.15, -0.1) is 28.3 Å². The van der Waals surface area contributed by atoms with Crippen LogP contribution >= 0.6 is 28.3 Å². The fourth-order valence-electron chi connectivity index (χ4n) is 3.12. The average Bonchev–Trinajstić information content (AvgIpc) is 3.10. The second-order valence-electron chi connectivity index (χ2n) is 6.27. The molecule has 0 unspecified atom stereocenters. The van der Waals surface area contributed by atoms with Gasteiger partial charge in [-0.25, -0.2) is 4.98 Å². The first-order valence-corrected chi connectivity index (χ1v) is 9.77. The fourth-order valence-corrected chi connectivity index (χ4v) is 3.96. The van der Waals surface area contributed by atoms with Gasteiger partial charge in [0.2, 0.25) is 5.91 Å². The summed E-state index contributed by atoms with van der Waals surface area (Å²) in [5.74, 6) is -0.0294. The van der Waals surface area contributed by atoms with Crippen molar-refractivity contribution in [3.8, 4) is 11.3 Å². The fraction of sp³-hybridized carbons (Fsp3) is 0.0435. The number of hydrogen-bond acceptors (Lipinski definition) is 4. The Balaban J connectivity index is 0.00000240. The smallest absolute Gasteiger partial charge is 0.236 e. The molecule has 0 aliphatic rings. The topological polar surface area (TPSA) is 59.2 Å². The number of nitrogens with two attached hydrogens (primary N) is 1. The highest BCUT2D eigenvalue weighted by molar-refractivity contribution is 8.93. The number of nitrogens with zero attached hydrogens (tertiary/aromatic N) is 2. The molecule has 0 fully saturated rings. The van der Waals surface area contributed by atoms with E-state index in [1.54, 1.807) is 4.90 Å². The van der Waals surface area contributed by atoms with Crippen molar-refractivity contribution in [1.29, 1.82) is 0 Å². The lowest BCUT2D eigenvalue weighted by Gasteiger charge is -2.23. The minimum atomic E-state index is -0.0294. The van der Waals surface area contributed by atoms with Crippen molar-refractivity contribution >= 4 is 50.7 Å². The highest BCUT2D eigenvalue weighted by Gasteiger charge is 2.22. The number of rotatable bonds is 5. The third-order valence-electron chi connectivity index (χ3n) is 4.35. The summed E-state index contributed by atoms with van der Waals surface area (Å²) in [4.78, 5) is 20.4. The number of aromatic nitrogens is 1. The first-order chi connectivity index (χ1) is 13.7. The molecule has 1 amide bonds. The van der Waals surface area contributed by atoms with E-state index < -0.39 is 0 Å². The maximum atomic E-state index is 13.4. The molecule has 1 aromatic heterocycles. The lowest BCUT2D eigenvalue weighted by Crippen LogP contribution is -2.27. The number of nitrogen functional groups attached to an aromatic ring is 1. The molecular formula is C23H20BrN3OS. The maximum absolute atomic E-state index is 13.4. The van der Waals surface area contributed by atoms with Crippen LogP contribution < -0.4 is 10.6 Å². The monoisotopic (exact) mass is 465 g/mol. The first kappa shape index (κ1) is 20.8. The molecule has 0 aliphatic heterocycles. The second-order valence-corrected chi connectivity index (χ2v) is 7.38. The number of halogens is 1. The molecule has 146 valence electrons. The Morgan fingerprint density at radius 2 is 1.31 bits per heavy atom. The Labute approximate surface area is 184 Å². The van der Waals surface area contributed by atoms with Crippen LogP contribution in [0.2, 0.25) is 0 Å². The van der Waals surface area contributed by atoms with E-state index >= 15 is 0 Å². The summed E-state index contributed by atoms with van der Waals surface area (Å²) in [7, 11) is 0. The van der Waals surface area contributed by atoms with Crippen molar-refractivity contribution in [2.75, 3.05) is 10.6 Å². The number of amides is 1. The lowest BCUT2D eigenvalue weighted by atomic mass is 10.1. The third kappa shape index (κ3) is 4.72. The van der Waals surface area contributed by atoms with Crippen LogP contribution in [0.25, 0.3) is 11.3 Å². The largest absolute Gasteiger partial charge is 0.375 e. The van der Waals surface area contributed by atoms with Gasteiger partial charge in [-0.1, -0.05) is 66.7 Å². The number of thiazole rings is 1. The highest BCUT2D eigenvalue weighted by atomic mass is 79.9. The predicted octanol–water partition coefficient (Wildman–Crippen LogP) is 5.88. The van der Waals surface area contributed by atoms with Crippen LogP contribution in [-0.2, 0) is 11.2 Å². The molecule has 0 saturated heterocycles. The summed E-state index contributed by atoms with van der Waals surface area (Å²) >= 11 is 1.36. The number of carbonyl (C=O) groups is 1. The molecule has 2 N–H and O–H groups in total. The van der Waals surface area contributed by atoms with Crippen LogP contribution in [0.4, 0.5) is 16.5 Å². The minimum absolute atomic E-state index is 0. The van der Waals surface area contributed by atoms with E-state index in [1.807, 2.05) is 91.0 Å². The van der Waals surface area contributed by atoms with Crippen molar-refractivity contribution in [1.82, 2.24) is 4.98 Å². The molecule has 4 rings (SSSR count). The van der Waals surface area contributed by atoms with E-state index in [9.17, 15) is 4.79 Å². The highest BCUT2D eigenvalue weighted by Crippen LogP contribution is 2.32. The van der Waals surface area contributed by atoms with Crippen molar-refractivity contribution in [3.05, 3.63) is 95.9 Å². The Morgan fingerprint density at radius 3 is 1.83 bits per heavy atom. The molecular weight excluding hydrogens is 446 g/mol. The standard InChI is InChI=1S/C23H19N3OS.BrH/c24-23-25-22(17-10-4-1-5-11-17)20(28-23)16-21(27)26(18-12-6-2-7-13-18)19-14-8-3-9-15-19;/h1-15H,16H2,(H2,24,25);1H. The quantitative estimate of drug-likeness (QED) is 0.400. The molecule has 4 nitrogen and oxygen atoms in total. The van der Waals surface area contributed by atoms with Gasteiger partial charge < -0.3 is 5.73 Å². The van der Waals surface area contributed by atoms with Gasteiger partial charge in [0.1, 0.15) is 0 Å². The van der Waals surface area contributed by atoms with Crippen LogP contribution in [0.15, 0.2) is 91.0 Å². The van der Waals surface area contributed by atoms with Crippen LogP contribution in [0.5, 0.6) is 0 Å². The number of carbonyl (C=O) groups excluding carboxylic acids is 1. The first-order valence-electron chi connectivity index (χ1n) is 8.96. The van der Waals surface area contributed by atoms with Crippen LogP contribution in [0, 0.1) is 0 Å².